The molecule has 0 atom stereocenters. The van der Waals surface area contributed by atoms with Crippen LogP contribution in [0.5, 0.6) is 0 Å². The van der Waals surface area contributed by atoms with Crippen molar-refractivity contribution in [3.63, 3.8) is 0 Å². The smallest absolute Gasteiger partial charge is 0.317 e. The van der Waals surface area contributed by atoms with Crippen LogP contribution in [-0.4, -0.2) is 35.1 Å². The van der Waals surface area contributed by atoms with E-state index in [-0.39, 0.29) is 6.03 Å². The molecule has 6 heteroatoms. The first-order valence-corrected chi connectivity index (χ1v) is 7.29. The molecule has 2 rings (SSSR count). The Bertz CT molecular complexity index is 522. The highest BCUT2D eigenvalue weighted by molar-refractivity contribution is 6.30. The minimum Gasteiger partial charge on any atom is -0.481 e. The third-order valence-electron chi connectivity index (χ3n) is 4.03. The van der Waals surface area contributed by atoms with Crippen LogP contribution in [-0.2, 0) is 11.3 Å². The van der Waals surface area contributed by atoms with Gasteiger partial charge in [-0.3, -0.25) is 4.79 Å². The number of urea groups is 1. The Labute approximate surface area is 128 Å². The molecule has 5 nitrogen and oxygen atoms in total. The lowest BCUT2D eigenvalue weighted by molar-refractivity contribution is -0.150. The first-order chi connectivity index (χ1) is 9.90. The molecule has 0 spiro atoms. The third-order valence-corrected chi connectivity index (χ3v) is 4.28. The number of nitrogens with one attached hydrogen (secondary N) is 1. The van der Waals surface area contributed by atoms with Gasteiger partial charge < -0.3 is 15.3 Å². The summed E-state index contributed by atoms with van der Waals surface area (Å²) in [4.78, 5) is 24.9. The molecule has 0 aromatic heterocycles. The van der Waals surface area contributed by atoms with Crippen LogP contribution in [0.3, 0.4) is 0 Å². The molecular weight excluding hydrogens is 292 g/mol. The summed E-state index contributed by atoms with van der Waals surface area (Å²) in [6.07, 6.45) is 0.966. The standard InChI is InChI=1S/C15H19ClN2O3/c1-15(13(19)20)6-8-18(9-7-15)14(21)17-10-11-2-4-12(16)5-3-11/h2-5H,6-10H2,1H3,(H,17,21)(H,19,20). The van der Waals surface area contributed by atoms with Crippen LogP contribution in [0.4, 0.5) is 4.79 Å². The molecule has 2 N–H and O–H groups in total. The van der Waals surface area contributed by atoms with Crippen LogP contribution in [0.15, 0.2) is 24.3 Å². The van der Waals surface area contributed by atoms with Crippen molar-refractivity contribution in [1.29, 1.82) is 0 Å². The Hall–Kier alpha value is -1.75. The summed E-state index contributed by atoms with van der Waals surface area (Å²) >= 11 is 5.80. The number of rotatable bonds is 3. The van der Waals surface area contributed by atoms with Gasteiger partial charge in [-0.05, 0) is 37.5 Å². The quantitative estimate of drug-likeness (QED) is 0.902. The second kappa shape index (κ2) is 6.35. The second-order valence-corrected chi connectivity index (χ2v) is 6.07. The number of piperidine rings is 1. The minimum atomic E-state index is -0.788. The largest absolute Gasteiger partial charge is 0.481 e. The number of nitrogens with zero attached hydrogens (tertiary/aromatic N) is 1. The summed E-state index contributed by atoms with van der Waals surface area (Å²) in [6, 6.07) is 7.13. The van der Waals surface area contributed by atoms with Gasteiger partial charge in [0.15, 0.2) is 0 Å². The van der Waals surface area contributed by atoms with Gasteiger partial charge in [0, 0.05) is 24.7 Å². The van der Waals surface area contributed by atoms with E-state index < -0.39 is 11.4 Å². The molecule has 2 amide bonds. The lowest BCUT2D eigenvalue weighted by Crippen LogP contribution is -2.48. The van der Waals surface area contributed by atoms with Crippen LogP contribution < -0.4 is 5.32 Å². The highest BCUT2D eigenvalue weighted by Gasteiger charge is 2.37. The summed E-state index contributed by atoms with van der Waals surface area (Å²) in [5.41, 5.74) is 0.257. The van der Waals surface area contributed by atoms with Gasteiger partial charge in [-0.2, -0.15) is 0 Å². The topological polar surface area (TPSA) is 69.6 Å². The van der Waals surface area contributed by atoms with E-state index in [1.807, 2.05) is 12.1 Å². The molecule has 114 valence electrons. The fraction of sp³-hybridized carbons (Fsp3) is 0.467. The Morgan fingerprint density at radius 3 is 2.38 bits per heavy atom. The molecule has 0 radical (unpaired) electrons. The van der Waals surface area contributed by atoms with E-state index in [0.29, 0.717) is 37.5 Å². The zero-order chi connectivity index (χ0) is 15.5. The maximum Gasteiger partial charge on any atom is 0.317 e. The molecule has 0 bridgehead atoms. The average Bonchev–Trinajstić information content (AvgIpc) is 2.47. The fourth-order valence-electron chi connectivity index (χ4n) is 2.31. The normalized spacial score (nSPS) is 17.3. The maximum atomic E-state index is 12.1. The number of aliphatic carboxylic acids is 1. The van der Waals surface area contributed by atoms with Crippen molar-refractivity contribution in [2.24, 2.45) is 5.41 Å². The van der Waals surface area contributed by atoms with E-state index in [0.717, 1.165) is 5.56 Å². The van der Waals surface area contributed by atoms with E-state index in [1.165, 1.54) is 0 Å². The number of hydrogen-bond acceptors (Lipinski definition) is 2. The average molecular weight is 311 g/mol. The molecule has 1 aromatic carbocycles. The minimum absolute atomic E-state index is 0.155. The molecular formula is C15H19ClN2O3. The summed E-state index contributed by atoms with van der Waals surface area (Å²) in [5.74, 6) is -0.788. The lowest BCUT2D eigenvalue weighted by Gasteiger charge is -2.36. The number of benzene rings is 1. The van der Waals surface area contributed by atoms with E-state index in [2.05, 4.69) is 5.32 Å². The third kappa shape index (κ3) is 3.88. The molecule has 21 heavy (non-hydrogen) atoms. The number of carbonyl (C=O) groups excluding carboxylic acids is 1. The number of halogens is 1. The van der Waals surface area contributed by atoms with Crippen LogP contribution in [0.25, 0.3) is 0 Å². The number of amides is 2. The van der Waals surface area contributed by atoms with Gasteiger partial charge in [-0.1, -0.05) is 23.7 Å². The van der Waals surface area contributed by atoms with E-state index in [9.17, 15) is 9.59 Å². The highest BCUT2D eigenvalue weighted by Crippen LogP contribution is 2.30. The molecule has 1 aromatic rings. The molecule has 1 heterocycles. The van der Waals surface area contributed by atoms with Gasteiger partial charge in [0.25, 0.3) is 0 Å². The second-order valence-electron chi connectivity index (χ2n) is 5.64. The first kappa shape index (κ1) is 15.6. The van der Waals surface area contributed by atoms with E-state index >= 15 is 0 Å². The predicted octanol–water partition coefficient (Wildman–Crippen LogP) is 2.74. The molecule has 1 saturated heterocycles. The van der Waals surface area contributed by atoms with Gasteiger partial charge in [-0.25, -0.2) is 4.79 Å². The number of carbonyl (C=O) groups is 2. The van der Waals surface area contributed by atoms with Gasteiger partial charge >= 0.3 is 12.0 Å². The summed E-state index contributed by atoms with van der Waals surface area (Å²) in [6.45, 7) is 3.10. The first-order valence-electron chi connectivity index (χ1n) is 6.91. The van der Waals surface area contributed by atoms with Gasteiger partial charge in [0.1, 0.15) is 0 Å². The van der Waals surface area contributed by atoms with Gasteiger partial charge in [0.05, 0.1) is 5.41 Å². The van der Waals surface area contributed by atoms with Crippen LogP contribution >= 0.6 is 11.6 Å². The number of likely N-dealkylation sites (tertiary alicyclic amines) is 1. The Morgan fingerprint density at radius 1 is 1.29 bits per heavy atom. The molecule has 0 aliphatic carbocycles. The van der Waals surface area contributed by atoms with Crippen LogP contribution in [0.2, 0.25) is 5.02 Å². The Kier molecular flexibility index (Phi) is 4.73. The van der Waals surface area contributed by atoms with Crippen molar-refractivity contribution in [2.75, 3.05) is 13.1 Å². The molecule has 1 fully saturated rings. The Morgan fingerprint density at radius 2 is 1.86 bits per heavy atom. The highest BCUT2D eigenvalue weighted by atomic mass is 35.5. The van der Waals surface area contributed by atoms with Crippen molar-refractivity contribution in [2.45, 2.75) is 26.3 Å². The predicted molar refractivity (Wildman–Crippen MR) is 80.2 cm³/mol. The number of carboxylic acid groups (broad SMARTS) is 1. The van der Waals surface area contributed by atoms with Crippen LogP contribution in [0, 0.1) is 5.41 Å². The zero-order valence-electron chi connectivity index (χ0n) is 11.9. The van der Waals surface area contributed by atoms with Crippen LogP contribution in [0.1, 0.15) is 25.3 Å². The van der Waals surface area contributed by atoms with Crippen molar-refractivity contribution < 1.29 is 14.7 Å². The molecule has 0 saturated carbocycles. The van der Waals surface area contributed by atoms with Crippen molar-refractivity contribution in [1.82, 2.24) is 10.2 Å². The monoisotopic (exact) mass is 310 g/mol. The number of hydrogen-bond donors (Lipinski definition) is 2. The number of carboxylic acids is 1. The fourth-order valence-corrected chi connectivity index (χ4v) is 2.43. The van der Waals surface area contributed by atoms with Gasteiger partial charge in [0.2, 0.25) is 0 Å². The zero-order valence-corrected chi connectivity index (χ0v) is 12.7. The maximum absolute atomic E-state index is 12.1. The van der Waals surface area contributed by atoms with Gasteiger partial charge in [-0.15, -0.1) is 0 Å². The SMILES string of the molecule is CC1(C(=O)O)CCN(C(=O)NCc2ccc(Cl)cc2)CC1. The molecule has 1 aliphatic rings. The van der Waals surface area contributed by atoms with Crippen molar-refractivity contribution >= 4 is 23.6 Å². The van der Waals surface area contributed by atoms with E-state index in [4.69, 9.17) is 16.7 Å². The Balaban J connectivity index is 1.82. The van der Waals surface area contributed by atoms with Crippen molar-refractivity contribution in [3.8, 4) is 0 Å². The summed E-state index contributed by atoms with van der Waals surface area (Å²) in [7, 11) is 0. The van der Waals surface area contributed by atoms with E-state index in [1.54, 1.807) is 24.0 Å². The summed E-state index contributed by atoms with van der Waals surface area (Å²) in [5, 5.41) is 12.7. The summed E-state index contributed by atoms with van der Waals surface area (Å²) < 4.78 is 0. The molecule has 1 aliphatic heterocycles. The van der Waals surface area contributed by atoms with Crippen molar-refractivity contribution in [3.05, 3.63) is 34.9 Å². The molecule has 0 unspecified atom stereocenters. The lowest BCUT2D eigenvalue weighted by atomic mass is 9.80.